The molecule has 2 N–H and O–H groups in total. The molecule has 1 atom stereocenters. The minimum Gasteiger partial charge on any atom is -0.336 e. The van der Waals surface area contributed by atoms with Crippen LogP contribution in [0, 0.1) is 0 Å². The van der Waals surface area contributed by atoms with Crippen molar-refractivity contribution in [2.45, 2.75) is 38.3 Å². The molecule has 0 radical (unpaired) electrons. The number of nitrogens with zero attached hydrogens (tertiary/aromatic N) is 3. The lowest BCUT2D eigenvalue weighted by Crippen LogP contribution is -2.41. The average molecular weight is 367 g/mol. The number of amides is 1. The molecule has 0 aromatic carbocycles. The van der Waals surface area contributed by atoms with Crippen molar-refractivity contribution in [3.05, 3.63) is 16.1 Å². The van der Waals surface area contributed by atoms with Crippen molar-refractivity contribution < 1.29 is 4.79 Å². The van der Waals surface area contributed by atoms with Crippen LogP contribution in [0.25, 0.3) is 0 Å². The summed E-state index contributed by atoms with van der Waals surface area (Å²) in [7, 11) is 0. The smallest absolute Gasteiger partial charge is 0.273 e. The second-order valence-electron chi connectivity index (χ2n) is 5.62. The van der Waals surface area contributed by atoms with Crippen LogP contribution in [0.1, 0.15) is 41.2 Å². The SMILES string of the molecule is Cl.Cl.NCc1nc(C(=O)N2CCC(N3CCCCC3)C2)cs1. The Hall–Kier alpha value is -0.400. The summed E-state index contributed by atoms with van der Waals surface area (Å²) in [6, 6.07) is 0.548. The van der Waals surface area contributed by atoms with E-state index >= 15 is 0 Å². The van der Waals surface area contributed by atoms with Crippen molar-refractivity contribution in [1.82, 2.24) is 14.8 Å². The lowest BCUT2D eigenvalue weighted by atomic mass is 10.1. The molecule has 0 bridgehead atoms. The number of carbonyl (C=O) groups excluding carboxylic acids is 1. The van der Waals surface area contributed by atoms with E-state index in [-0.39, 0.29) is 30.7 Å². The zero-order valence-corrected chi connectivity index (χ0v) is 15.0. The minimum absolute atomic E-state index is 0. The highest BCUT2D eigenvalue weighted by atomic mass is 35.5. The van der Waals surface area contributed by atoms with E-state index in [1.807, 2.05) is 10.3 Å². The van der Waals surface area contributed by atoms with Crippen LogP contribution in [-0.4, -0.2) is 52.9 Å². The maximum Gasteiger partial charge on any atom is 0.273 e. The molecule has 2 aliphatic heterocycles. The predicted octanol–water partition coefficient (Wildman–Crippen LogP) is 2.15. The van der Waals surface area contributed by atoms with Crippen LogP contribution in [0.4, 0.5) is 0 Å². The van der Waals surface area contributed by atoms with Crippen molar-refractivity contribution in [1.29, 1.82) is 0 Å². The van der Waals surface area contributed by atoms with Gasteiger partial charge in [0.25, 0.3) is 5.91 Å². The van der Waals surface area contributed by atoms with Gasteiger partial charge in [-0.15, -0.1) is 36.2 Å². The molecule has 1 unspecified atom stereocenters. The number of rotatable bonds is 3. The minimum atomic E-state index is 0. The summed E-state index contributed by atoms with van der Waals surface area (Å²) in [5.41, 5.74) is 6.12. The third-order valence-electron chi connectivity index (χ3n) is 4.30. The first-order chi connectivity index (χ1) is 9.78. The standard InChI is InChI=1S/C14H22N4OS.2ClH/c15-8-13-16-12(10-20-13)14(19)18-7-4-11(9-18)17-5-2-1-3-6-17;;/h10-11H,1-9,15H2;2*1H. The predicted molar refractivity (Wildman–Crippen MR) is 94.2 cm³/mol. The van der Waals surface area contributed by atoms with Gasteiger partial charge in [-0.2, -0.15) is 0 Å². The summed E-state index contributed by atoms with van der Waals surface area (Å²) in [6.07, 6.45) is 5.05. The van der Waals surface area contributed by atoms with Gasteiger partial charge in [-0.25, -0.2) is 4.98 Å². The first-order valence-corrected chi connectivity index (χ1v) is 8.33. The number of halogens is 2. The molecule has 0 aliphatic carbocycles. The third kappa shape index (κ3) is 4.32. The third-order valence-corrected chi connectivity index (χ3v) is 5.17. The Bertz CT molecular complexity index is 479. The zero-order chi connectivity index (χ0) is 13.9. The Balaban J connectivity index is 0.00000121. The summed E-state index contributed by atoms with van der Waals surface area (Å²) in [5, 5.41) is 2.67. The maximum atomic E-state index is 12.4. The Morgan fingerprint density at radius 2 is 2.00 bits per heavy atom. The molecule has 5 nitrogen and oxygen atoms in total. The first kappa shape index (κ1) is 19.6. The second-order valence-corrected chi connectivity index (χ2v) is 6.56. The molecule has 0 spiro atoms. The number of nitrogens with two attached hydrogens (primary N) is 1. The van der Waals surface area contributed by atoms with Crippen LogP contribution in [0.5, 0.6) is 0 Å². The Labute approximate surface area is 148 Å². The number of aromatic nitrogens is 1. The monoisotopic (exact) mass is 366 g/mol. The number of thiazole rings is 1. The zero-order valence-electron chi connectivity index (χ0n) is 12.6. The summed E-state index contributed by atoms with van der Waals surface area (Å²) >= 11 is 1.47. The van der Waals surface area contributed by atoms with Gasteiger partial charge in [-0.1, -0.05) is 6.42 Å². The fraction of sp³-hybridized carbons (Fsp3) is 0.714. The Kier molecular flexibility index (Phi) is 8.07. The van der Waals surface area contributed by atoms with Gasteiger partial charge in [-0.3, -0.25) is 9.69 Å². The summed E-state index contributed by atoms with van der Waals surface area (Å²) < 4.78 is 0. The second kappa shape index (κ2) is 9.03. The van der Waals surface area contributed by atoms with Crippen LogP contribution >= 0.6 is 36.2 Å². The van der Waals surface area contributed by atoms with Crippen molar-refractivity contribution in [3.63, 3.8) is 0 Å². The van der Waals surface area contributed by atoms with Crippen molar-refractivity contribution >= 4 is 42.1 Å². The summed E-state index contributed by atoms with van der Waals surface area (Å²) in [5.74, 6) is 0.0699. The van der Waals surface area contributed by atoms with E-state index in [9.17, 15) is 4.79 Å². The molecule has 22 heavy (non-hydrogen) atoms. The quantitative estimate of drug-likeness (QED) is 0.889. The van der Waals surface area contributed by atoms with Gasteiger partial charge in [0.15, 0.2) is 0 Å². The molecular formula is C14H24Cl2N4OS. The van der Waals surface area contributed by atoms with Gasteiger partial charge in [0, 0.05) is 31.1 Å². The van der Waals surface area contributed by atoms with Gasteiger partial charge < -0.3 is 10.6 Å². The van der Waals surface area contributed by atoms with Crippen LogP contribution in [0.2, 0.25) is 0 Å². The maximum absolute atomic E-state index is 12.4. The number of hydrogen-bond donors (Lipinski definition) is 1. The Morgan fingerprint density at radius 3 is 2.64 bits per heavy atom. The fourth-order valence-corrected chi connectivity index (χ4v) is 3.82. The number of carbonyl (C=O) groups is 1. The summed E-state index contributed by atoms with van der Waals surface area (Å²) in [4.78, 5) is 21.2. The molecule has 3 heterocycles. The van der Waals surface area contributed by atoms with E-state index in [4.69, 9.17) is 5.73 Å². The highest BCUT2D eigenvalue weighted by Crippen LogP contribution is 2.22. The van der Waals surface area contributed by atoms with Crippen LogP contribution in [0.15, 0.2) is 5.38 Å². The average Bonchev–Trinajstić information content (AvgIpc) is 3.17. The molecule has 8 heteroatoms. The van der Waals surface area contributed by atoms with E-state index in [0.29, 0.717) is 18.3 Å². The van der Waals surface area contributed by atoms with E-state index in [0.717, 1.165) is 24.5 Å². The van der Waals surface area contributed by atoms with Crippen molar-refractivity contribution in [3.8, 4) is 0 Å². The van der Waals surface area contributed by atoms with E-state index < -0.39 is 0 Å². The normalized spacial score (nSPS) is 22.0. The van der Waals surface area contributed by atoms with Crippen LogP contribution < -0.4 is 5.73 Å². The largest absolute Gasteiger partial charge is 0.336 e. The Morgan fingerprint density at radius 1 is 1.27 bits per heavy atom. The number of piperidine rings is 1. The van der Waals surface area contributed by atoms with E-state index in [2.05, 4.69) is 9.88 Å². The molecular weight excluding hydrogens is 343 g/mol. The molecule has 126 valence electrons. The molecule has 2 fully saturated rings. The fourth-order valence-electron chi connectivity index (χ4n) is 3.17. The highest BCUT2D eigenvalue weighted by molar-refractivity contribution is 7.09. The molecule has 2 saturated heterocycles. The first-order valence-electron chi connectivity index (χ1n) is 7.45. The van der Waals surface area contributed by atoms with Crippen LogP contribution in [-0.2, 0) is 6.54 Å². The van der Waals surface area contributed by atoms with Gasteiger partial charge in [-0.05, 0) is 32.4 Å². The molecule has 1 aromatic heterocycles. The molecule has 2 aliphatic rings. The lowest BCUT2D eigenvalue weighted by molar-refractivity contribution is 0.0766. The number of hydrogen-bond acceptors (Lipinski definition) is 5. The van der Waals surface area contributed by atoms with E-state index in [1.54, 1.807) is 0 Å². The van der Waals surface area contributed by atoms with Gasteiger partial charge in [0.05, 0.1) is 0 Å². The molecule has 3 rings (SSSR count). The van der Waals surface area contributed by atoms with Crippen molar-refractivity contribution in [2.75, 3.05) is 26.2 Å². The van der Waals surface area contributed by atoms with Crippen LogP contribution in [0.3, 0.4) is 0 Å². The van der Waals surface area contributed by atoms with Gasteiger partial charge in [0.1, 0.15) is 10.7 Å². The number of likely N-dealkylation sites (tertiary alicyclic amines) is 2. The molecule has 1 amide bonds. The highest BCUT2D eigenvalue weighted by Gasteiger charge is 2.32. The molecule has 1 aromatic rings. The van der Waals surface area contributed by atoms with Crippen molar-refractivity contribution in [2.24, 2.45) is 5.73 Å². The van der Waals surface area contributed by atoms with E-state index in [1.165, 1.54) is 43.7 Å². The molecule has 0 saturated carbocycles. The summed E-state index contributed by atoms with van der Waals surface area (Å²) in [6.45, 7) is 4.51. The van der Waals surface area contributed by atoms with Gasteiger partial charge >= 0.3 is 0 Å². The lowest BCUT2D eigenvalue weighted by Gasteiger charge is -2.32. The van der Waals surface area contributed by atoms with Gasteiger partial charge in [0.2, 0.25) is 0 Å². The topological polar surface area (TPSA) is 62.5 Å².